The van der Waals surface area contributed by atoms with Crippen molar-refractivity contribution in [2.24, 2.45) is 0 Å². The molecule has 0 aliphatic carbocycles. The zero-order valence-corrected chi connectivity index (χ0v) is 10.5. The highest BCUT2D eigenvalue weighted by atomic mass is 32.2. The third kappa shape index (κ3) is 3.05. The molecule has 0 amide bonds. The number of nitrogens with zero attached hydrogens (tertiary/aromatic N) is 1. The predicted molar refractivity (Wildman–Crippen MR) is 65.5 cm³/mol. The van der Waals surface area contributed by atoms with Crippen molar-refractivity contribution in [1.82, 2.24) is 4.98 Å². The van der Waals surface area contributed by atoms with Crippen LogP contribution in [-0.2, 0) is 11.2 Å². The van der Waals surface area contributed by atoms with Crippen LogP contribution >= 0.6 is 23.1 Å². The summed E-state index contributed by atoms with van der Waals surface area (Å²) in [7, 11) is 0. The molecule has 1 aromatic heterocycles. The molecule has 4 heteroatoms. The molecule has 15 heavy (non-hydrogen) atoms. The van der Waals surface area contributed by atoms with E-state index in [9.17, 15) is 4.79 Å². The molecule has 1 saturated heterocycles. The van der Waals surface area contributed by atoms with Gasteiger partial charge in [0.05, 0.1) is 10.9 Å². The minimum atomic E-state index is 0.197. The van der Waals surface area contributed by atoms with Crippen LogP contribution in [0.25, 0.3) is 0 Å². The second kappa shape index (κ2) is 5.12. The molecule has 0 radical (unpaired) electrons. The molecule has 0 bridgehead atoms. The van der Waals surface area contributed by atoms with Crippen LogP contribution in [0.5, 0.6) is 0 Å². The highest BCUT2D eigenvalue weighted by Gasteiger charge is 2.19. The lowest BCUT2D eigenvalue weighted by Gasteiger charge is -2.18. The predicted octanol–water partition coefficient (Wildman–Crippen LogP) is 3.23. The van der Waals surface area contributed by atoms with Crippen LogP contribution in [0.4, 0.5) is 0 Å². The quantitative estimate of drug-likeness (QED) is 0.814. The Bertz CT molecular complexity index is 342. The number of aromatic nitrogens is 1. The van der Waals surface area contributed by atoms with Gasteiger partial charge in [-0.15, -0.1) is 11.3 Å². The molecule has 1 aromatic rings. The van der Waals surface area contributed by atoms with Crippen molar-refractivity contribution in [2.45, 2.75) is 37.9 Å². The number of Topliss-reactive ketones (excluding diaryl/α,β-unsaturated/α-hetero) is 1. The Hall–Kier alpha value is -0.350. The summed E-state index contributed by atoms with van der Waals surface area (Å²) in [5.41, 5.74) is 0.952. The smallest absolute Gasteiger partial charge is 0.135 e. The van der Waals surface area contributed by atoms with E-state index in [4.69, 9.17) is 0 Å². The van der Waals surface area contributed by atoms with Crippen LogP contribution in [0.1, 0.15) is 42.1 Å². The van der Waals surface area contributed by atoms with Crippen molar-refractivity contribution in [1.29, 1.82) is 0 Å². The van der Waals surface area contributed by atoms with Crippen molar-refractivity contribution in [3.63, 3.8) is 0 Å². The third-order valence-corrected chi connectivity index (χ3v) is 5.00. The van der Waals surface area contributed by atoms with Crippen LogP contribution < -0.4 is 0 Å². The Balaban J connectivity index is 2.02. The lowest BCUT2D eigenvalue weighted by atomic mass is 10.2. The molecule has 0 N–H and O–H groups in total. The Labute approximate surface area is 98.5 Å². The van der Waals surface area contributed by atoms with Gasteiger partial charge >= 0.3 is 0 Å². The average molecular weight is 241 g/mol. The summed E-state index contributed by atoms with van der Waals surface area (Å²) in [5.74, 6) is 1.45. The average Bonchev–Trinajstić information content (AvgIpc) is 2.67. The first-order valence-corrected chi connectivity index (χ1v) is 7.24. The van der Waals surface area contributed by atoms with Crippen molar-refractivity contribution >= 4 is 28.9 Å². The second-order valence-electron chi connectivity index (χ2n) is 3.91. The summed E-state index contributed by atoms with van der Waals surface area (Å²) >= 11 is 3.73. The first kappa shape index (κ1) is 11.1. The van der Waals surface area contributed by atoms with Gasteiger partial charge in [-0.1, -0.05) is 6.42 Å². The molecular formula is C11H15NOS2. The minimum Gasteiger partial charge on any atom is -0.300 e. The van der Waals surface area contributed by atoms with Gasteiger partial charge in [-0.3, -0.25) is 4.79 Å². The van der Waals surface area contributed by atoms with Crippen LogP contribution in [0.2, 0.25) is 0 Å². The van der Waals surface area contributed by atoms with E-state index in [1.165, 1.54) is 30.0 Å². The van der Waals surface area contributed by atoms with Gasteiger partial charge < -0.3 is 0 Å². The topological polar surface area (TPSA) is 30.0 Å². The molecule has 1 unspecified atom stereocenters. The Morgan fingerprint density at radius 2 is 2.47 bits per heavy atom. The molecule has 0 saturated carbocycles. The SMILES string of the molecule is CC(=O)Cc1csc(C2CCCCS2)n1. The van der Waals surface area contributed by atoms with Gasteiger partial charge in [0, 0.05) is 11.8 Å². The summed E-state index contributed by atoms with van der Waals surface area (Å²) in [4.78, 5) is 15.5. The van der Waals surface area contributed by atoms with E-state index in [-0.39, 0.29) is 5.78 Å². The highest BCUT2D eigenvalue weighted by molar-refractivity contribution is 7.99. The van der Waals surface area contributed by atoms with Crippen LogP contribution in [-0.4, -0.2) is 16.5 Å². The van der Waals surface area contributed by atoms with Gasteiger partial charge in [0.25, 0.3) is 0 Å². The number of ketones is 1. The maximum absolute atomic E-state index is 11.0. The van der Waals surface area contributed by atoms with E-state index in [0.29, 0.717) is 11.7 Å². The van der Waals surface area contributed by atoms with Crippen LogP contribution in [0.15, 0.2) is 5.38 Å². The van der Waals surface area contributed by atoms with Crippen molar-refractivity contribution < 1.29 is 4.79 Å². The monoisotopic (exact) mass is 241 g/mol. The largest absolute Gasteiger partial charge is 0.300 e. The van der Waals surface area contributed by atoms with Crippen molar-refractivity contribution in [3.8, 4) is 0 Å². The zero-order valence-electron chi connectivity index (χ0n) is 8.86. The molecule has 82 valence electrons. The molecule has 0 aromatic carbocycles. The third-order valence-electron chi connectivity index (χ3n) is 2.45. The number of hydrogen-bond acceptors (Lipinski definition) is 4. The zero-order chi connectivity index (χ0) is 10.7. The summed E-state index contributed by atoms with van der Waals surface area (Å²) in [6.07, 6.45) is 4.40. The maximum atomic E-state index is 11.0. The van der Waals surface area contributed by atoms with Crippen molar-refractivity contribution in [3.05, 3.63) is 16.1 Å². The van der Waals surface area contributed by atoms with Crippen LogP contribution in [0.3, 0.4) is 0 Å². The molecule has 1 atom stereocenters. The number of carbonyl (C=O) groups excluding carboxylic acids is 1. The molecule has 1 aliphatic rings. The van der Waals surface area contributed by atoms with E-state index in [0.717, 1.165) is 5.69 Å². The fraction of sp³-hybridized carbons (Fsp3) is 0.636. The first-order chi connectivity index (χ1) is 7.25. The number of carbonyl (C=O) groups is 1. The number of rotatable bonds is 3. The molecular weight excluding hydrogens is 226 g/mol. The van der Waals surface area contributed by atoms with Gasteiger partial charge in [0.1, 0.15) is 10.8 Å². The molecule has 1 aliphatic heterocycles. The molecule has 2 heterocycles. The number of thiazole rings is 1. The molecule has 2 rings (SSSR count). The van der Waals surface area contributed by atoms with Gasteiger partial charge in [-0.25, -0.2) is 4.98 Å². The number of hydrogen-bond donors (Lipinski definition) is 0. The van der Waals surface area contributed by atoms with Gasteiger partial charge in [-0.05, 0) is 25.5 Å². The summed E-state index contributed by atoms with van der Waals surface area (Å²) in [5, 5.41) is 3.84. The fourth-order valence-electron chi connectivity index (χ4n) is 1.74. The van der Waals surface area contributed by atoms with Gasteiger partial charge in [0.2, 0.25) is 0 Å². The van der Waals surface area contributed by atoms with Gasteiger partial charge in [-0.2, -0.15) is 11.8 Å². The summed E-state index contributed by atoms with van der Waals surface area (Å²) < 4.78 is 0. The lowest BCUT2D eigenvalue weighted by molar-refractivity contribution is -0.116. The van der Waals surface area contributed by atoms with E-state index in [1.807, 2.05) is 17.1 Å². The molecule has 0 spiro atoms. The van der Waals surface area contributed by atoms with E-state index in [2.05, 4.69) is 4.98 Å². The number of thioether (sulfide) groups is 1. The van der Waals surface area contributed by atoms with E-state index >= 15 is 0 Å². The first-order valence-electron chi connectivity index (χ1n) is 5.31. The van der Waals surface area contributed by atoms with Crippen molar-refractivity contribution in [2.75, 3.05) is 5.75 Å². The lowest BCUT2D eigenvalue weighted by Crippen LogP contribution is -2.02. The summed E-state index contributed by atoms with van der Waals surface area (Å²) in [6, 6.07) is 0. The second-order valence-corrected chi connectivity index (χ2v) is 6.11. The van der Waals surface area contributed by atoms with Crippen LogP contribution in [0, 0.1) is 0 Å². The normalized spacial score (nSPS) is 21.5. The van der Waals surface area contributed by atoms with E-state index in [1.54, 1.807) is 18.3 Å². The minimum absolute atomic E-state index is 0.197. The molecule has 2 nitrogen and oxygen atoms in total. The Morgan fingerprint density at radius 1 is 1.60 bits per heavy atom. The fourth-order valence-corrected chi connectivity index (χ4v) is 4.13. The Morgan fingerprint density at radius 3 is 3.13 bits per heavy atom. The summed E-state index contributed by atoms with van der Waals surface area (Å²) in [6.45, 7) is 1.62. The van der Waals surface area contributed by atoms with E-state index < -0.39 is 0 Å². The van der Waals surface area contributed by atoms with Gasteiger partial charge in [0.15, 0.2) is 0 Å². The molecule has 1 fully saturated rings. The maximum Gasteiger partial charge on any atom is 0.135 e. The highest BCUT2D eigenvalue weighted by Crippen LogP contribution is 2.39. The Kier molecular flexibility index (Phi) is 3.81. The standard InChI is InChI=1S/C11H15NOS2/c1-8(13)6-9-7-15-11(12-9)10-4-2-3-5-14-10/h7,10H,2-6H2,1H3.